The van der Waals surface area contributed by atoms with Gasteiger partial charge < -0.3 is 9.47 Å². The summed E-state index contributed by atoms with van der Waals surface area (Å²) in [5, 5.41) is 0. The molecule has 1 fully saturated rings. The van der Waals surface area contributed by atoms with Crippen molar-refractivity contribution in [3.05, 3.63) is 0 Å². The largest absolute Gasteiger partial charge is 0.450 e. The monoisotopic (exact) mass is 215 g/mol. The zero-order valence-corrected chi connectivity index (χ0v) is 9.86. The zero-order valence-electron chi connectivity index (χ0n) is 9.86. The third-order valence-corrected chi connectivity index (χ3v) is 2.70. The van der Waals surface area contributed by atoms with Crippen molar-refractivity contribution in [2.75, 3.05) is 13.2 Å². The molecule has 0 radical (unpaired) electrons. The van der Waals surface area contributed by atoms with Crippen LogP contribution in [0.3, 0.4) is 0 Å². The van der Waals surface area contributed by atoms with E-state index in [0.717, 1.165) is 19.3 Å². The van der Waals surface area contributed by atoms with E-state index in [0.29, 0.717) is 13.2 Å². The van der Waals surface area contributed by atoms with E-state index in [1.165, 1.54) is 0 Å². The van der Waals surface area contributed by atoms with E-state index < -0.39 is 0 Å². The molecule has 4 nitrogen and oxygen atoms in total. The van der Waals surface area contributed by atoms with E-state index in [-0.39, 0.29) is 18.4 Å². The van der Waals surface area contributed by atoms with Gasteiger partial charge in [0.05, 0.1) is 6.61 Å². The summed E-state index contributed by atoms with van der Waals surface area (Å²) in [6.45, 7) is 6.86. The first-order chi connectivity index (χ1) is 7.20. The van der Waals surface area contributed by atoms with Crippen LogP contribution in [-0.4, -0.2) is 36.5 Å². The molecule has 1 heterocycles. The van der Waals surface area contributed by atoms with Crippen LogP contribution in [0.15, 0.2) is 0 Å². The smallest absolute Gasteiger partial charge is 0.412 e. The highest BCUT2D eigenvalue weighted by Crippen LogP contribution is 2.24. The van der Waals surface area contributed by atoms with Crippen molar-refractivity contribution in [2.45, 2.75) is 52.3 Å². The molecule has 1 aliphatic heterocycles. The number of amides is 1. The molecule has 0 aromatic heterocycles. The molecular weight excluding hydrogens is 194 g/mol. The highest BCUT2D eigenvalue weighted by atomic mass is 16.6. The minimum absolute atomic E-state index is 0.0993. The Morgan fingerprint density at radius 1 is 1.33 bits per heavy atom. The summed E-state index contributed by atoms with van der Waals surface area (Å²) in [7, 11) is 0. The molecular formula is C11H21NO3. The van der Waals surface area contributed by atoms with Crippen molar-refractivity contribution in [1.29, 1.82) is 0 Å². The normalized spacial score (nSPS) is 26.5. The molecule has 0 N–H and O–H groups in total. The number of likely N-dealkylation sites (tertiary alicyclic amines) is 1. The summed E-state index contributed by atoms with van der Waals surface area (Å²) in [4.78, 5) is 13.5. The minimum atomic E-state index is -0.247. The summed E-state index contributed by atoms with van der Waals surface area (Å²) in [6.07, 6.45) is 2.71. The predicted octanol–water partition coefficient (Wildman–Crippen LogP) is 2.38. The maximum atomic E-state index is 11.7. The Morgan fingerprint density at radius 3 is 2.67 bits per heavy atom. The molecule has 1 aliphatic rings. The van der Waals surface area contributed by atoms with Crippen LogP contribution in [0.4, 0.5) is 4.79 Å². The van der Waals surface area contributed by atoms with Gasteiger partial charge in [-0.2, -0.15) is 0 Å². The maximum absolute atomic E-state index is 11.7. The lowest BCUT2D eigenvalue weighted by Gasteiger charge is -2.39. The Bertz CT molecular complexity index is 206. The highest BCUT2D eigenvalue weighted by Gasteiger charge is 2.32. The summed E-state index contributed by atoms with van der Waals surface area (Å²) in [5.74, 6) is 0. The summed E-state index contributed by atoms with van der Waals surface area (Å²) in [5.41, 5.74) is 0. The van der Waals surface area contributed by atoms with Crippen molar-refractivity contribution < 1.29 is 14.3 Å². The van der Waals surface area contributed by atoms with E-state index >= 15 is 0 Å². The van der Waals surface area contributed by atoms with Gasteiger partial charge in [0.15, 0.2) is 0 Å². The van der Waals surface area contributed by atoms with Crippen LogP contribution in [-0.2, 0) is 9.47 Å². The molecule has 1 rings (SSSR count). The van der Waals surface area contributed by atoms with Gasteiger partial charge in [-0.3, -0.25) is 4.90 Å². The molecule has 88 valence electrons. The maximum Gasteiger partial charge on any atom is 0.412 e. The Morgan fingerprint density at radius 2 is 2.07 bits per heavy atom. The first kappa shape index (κ1) is 12.3. The van der Waals surface area contributed by atoms with E-state index in [4.69, 9.17) is 9.47 Å². The quantitative estimate of drug-likeness (QED) is 0.725. The lowest BCUT2D eigenvalue weighted by Crippen LogP contribution is -2.50. The zero-order chi connectivity index (χ0) is 11.3. The number of carbonyl (C=O) groups excluding carboxylic acids is 1. The third-order valence-electron chi connectivity index (χ3n) is 2.70. The van der Waals surface area contributed by atoms with E-state index in [9.17, 15) is 4.79 Å². The molecule has 0 spiro atoms. The lowest BCUT2D eigenvalue weighted by atomic mass is 10.0. The predicted molar refractivity (Wildman–Crippen MR) is 57.6 cm³/mol. The van der Waals surface area contributed by atoms with E-state index in [1.54, 1.807) is 4.90 Å². The van der Waals surface area contributed by atoms with Gasteiger partial charge >= 0.3 is 6.09 Å². The van der Waals surface area contributed by atoms with E-state index in [1.807, 2.05) is 20.8 Å². The van der Waals surface area contributed by atoms with Crippen LogP contribution in [0.2, 0.25) is 0 Å². The highest BCUT2D eigenvalue weighted by molar-refractivity contribution is 5.68. The molecule has 4 heteroatoms. The topological polar surface area (TPSA) is 38.8 Å². The Hall–Kier alpha value is -0.770. The van der Waals surface area contributed by atoms with Crippen molar-refractivity contribution in [3.8, 4) is 0 Å². The van der Waals surface area contributed by atoms with E-state index in [2.05, 4.69) is 0 Å². The standard InChI is InChI=1S/C11H21NO3/c1-4-14-10-8-6-7-9(3)12(10)11(13)15-5-2/h9-10H,4-8H2,1-3H3. The first-order valence-corrected chi connectivity index (χ1v) is 5.77. The number of hydrogen-bond donors (Lipinski definition) is 0. The lowest BCUT2D eigenvalue weighted by molar-refractivity contribution is -0.0844. The second kappa shape index (κ2) is 5.95. The van der Waals surface area contributed by atoms with Crippen molar-refractivity contribution in [3.63, 3.8) is 0 Å². The van der Waals surface area contributed by atoms with Crippen LogP contribution in [0, 0.1) is 0 Å². The van der Waals surface area contributed by atoms with Crippen LogP contribution in [0.5, 0.6) is 0 Å². The molecule has 0 saturated carbocycles. The molecule has 2 unspecified atom stereocenters. The van der Waals surface area contributed by atoms with Gasteiger partial charge in [0, 0.05) is 12.6 Å². The van der Waals surface area contributed by atoms with Crippen molar-refractivity contribution in [1.82, 2.24) is 4.90 Å². The second-order valence-electron chi connectivity index (χ2n) is 3.80. The molecule has 2 atom stereocenters. The van der Waals surface area contributed by atoms with Crippen LogP contribution < -0.4 is 0 Å². The van der Waals surface area contributed by atoms with Gasteiger partial charge in [-0.05, 0) is 40.0 Å². The number of piperidine rings is 1. The summed E-state index contributed by atoms with van der Waals surface area (Å²) < 4.78 is 10.6. The van der Waals surface area contributed by atoms with Gasteiger partial charge in [-0.15, -0.1) is 0 Å². The van der Waals surface area contributed by atoms with Crippen LogP contribution in [0.25, 0.3) is 0 Å². The van der Waals surface area contributed by atoms with Crippen molar-refractivity contribution in [2.24, 2.45) is 0 Å². The molecule has 0 aromatic carbocycles. The molecule has 0 aromatic rings. The second-order valence-corrected chi connectivity index (χ2v) is 3.80. The minimum Gasteiger partial charge on any atom is -0.450 e. The van der Waals surface area contributed by atoms with Gasteiger partial charge in [0.2, 0.25) is 0 Å². The van der Waals surface area contributed by atoms with Crippen molar-refractivity contribution >= 4 is 6.09 Å². The Labute approximate surface area is 91.5 Å². The fraction of sp³-hybridized carbons (Fsp3) is 0.909. The summed E-state index contributed by atoms with van der Waals surface area (Å²) >= 11 is 0. The van der Waals surface area contributed by atoms with Gasteiger partial charge in [-0.1, -0.05) is 0 Å². The Kier molecular flexibility index (Phi) is 4.88. The number of ether oxygens (including phenoxy) is 2. The molecule has 15 heavy (non-hydrogen) atoms. The number of carbonyl (C=O) groups is 1. The molecule has 1 saturated heterocycles. The number of rotatable bonds is 3. The van der Waals surface area contributed by atoms with Crippen LogP contribution >= 0.6 is 0 Å². The third kappa shape index (κ3) is 3.09. The van der Waals surface area contributed by atoms with Gasteiger partial charge in [0.1, 0.15) is 6.23 Å². The Balaban J connectivity index is 2.63. The fourth-order valence-corrected chi connectivity index (χ4v) is 2.00. The number of nitrogens with zero attached hydrogens (tertiary/aromatic N) is 1. The number of hydrogen-bond acceptors (Lipinski definition) is 3. The average Bonchev–Trinajstić information content (AvgIpc) is 2.18. The van der Waals surface area contributed by atoms with Gasteiger partial charge in [-0.25, -0.2) is 4.79 Å². The van der Waals surface area contributed by atoms with Crippen LogP contribution in [0.1, 0.15) is 40.0 Å². The fourth-order valence-electron chi connectivity index (χ4n) is 2.00. The molecule has 0 aliphatic carbocycles. The average molecular weight is 215 g/mol. The molecule has 1 amide bonds. The molecule has 0 bridgehead atoms. The summed E-state index contributed by atoms with van der Waals surface area (Å²) in [6, 6.07) is 0.217. The SMILES string of the molecule is CCOC(=O)N1C(C)CCCC1OCC. The first-order valence-electron chi connectivity index (χ1n) is 5.77. The van der Waals surface area contributed by atoms with Gasteiger partial charge in [0.25, 0.3) is 0 Å².